The van der Waals surface area contributed by atoms with Gasteiger partial charge in [-0.3, -0.25) is 14.5 Å². The Hall–Kier alpha value is -4.11. The van der Waals surface area contributed by atoms with Gasteiger partial charge in [0.1, 0.15) is 23.9 Å². The van der Waals surface area contributed by atoms with Crippen LogP contribution >= 0.6 is 0 Å². The molecular weight excluding hydrogens is 473 g/mol. The molecule has 1 saturated heterocycles. The van der Waals surface area contributed by atoms with Crippen molar-refractivity contribution in [2.45, 2.75) is 38.5 Å². The number of halogens is 1. The molecule has 2 amide bonds. The van der Waals surface area contributed by atoms with Crippen molar-refractivity contribution in [1.29, 1.82) is 0 Å². The van der Waals surface area contributed by atoms with Gasteiger partial charge >= 0.3 is 0 Å². The van der Waals surface area contributed by atoms with Gasteiger partial charge in [-0.1, -0.05) is 47.7 Å². The molecule has 8 nitrogen and oxygen atoms in total. The van der Waals surface area contributed by atoms with E-state index in [0.29, 0.717) is 35.4 Å². The summed E-state index contributed by atoms with van der Waals surface area (Å²) in [6, 6.07) is 19.4. The van der Waals surface area contributed by atoms with E-state index in [9.17, 15) is 14.0 Å². The molecule has 2 atom stereocenters. The molecule has 0 radical (unpaired) electrons. The highest BCUT2D eigenvalue weighted by Crippen LogP contribution is 2.31. The summed E-state index contributed by atoms with van der Waals surface area (Å²) in [6.07, 6.45) is 1.74. The van der Waals surface area contributed by atoms with Crippen LogP contribution in [0.1, 0.15) is 30.0 Å². The number of carbonyl (C=O) groups excluding carboxylic acids is 2. The van der Waals surface area contributed by atoms with E-state index in [1.165, 1.54) is 33.8 Å². The third-order valence-corrected chi connectivity index (χ3v) is 6.57. The van der Waals surface area contributed by atoms with Gasteiger partial charge in [-0.25, -0.2) is 9.07 Å². The topological polar surface area (TPSA) is 89.4 Å². The second kappa shape index (κ2) is 10.9. The van der Waals surface area contributed by atoms with Gasteiger partial charge in [0.15, 0.2) is 0 Å². The fourth-order valence-corrected chi connectivity index (χ4v) is 4.67. The molecule has 1 aliphatic heterocycles. The molecule has 0 unspecified atom stereocenters. The molecule has 0 bridgehead atoms. The number of rotatable bonds is 8. The van der Waals surface area contributed by atoms with Gasteiger partial charge in [0.05, 0.1) is 11.6 Å². The van der Waals surface area contributed by atoms with Crippen LogP contribution in [-0.4, -0.2) is 46.1 Å². The summed E-state index contributed by atoms with van der Waals surface area (Å²) in [5.74, 6) is -1.15. The molecule has 9 heteroatoms. The van der Waals surface area contributed by atoms with Gasteiger partial charge in [-0.05, 0) is 61.2 Å². The Morgan fingerprint density at radius 1 is 1.11 bits per heavy atom. The summed E-state index contributed by atoms with van der Waals surface area (Å²) in [5.41, 5.74) is 3.27. The van der Waals surface area contributed by atoms with Crippen molar-refractivity contribution in [3.05, 3.63) is 89.7 Å². The Morgan fingerprint density at radius 3 is 2.62 bits per heavy atom. The third-order valence-electron chi connectivity index (χ3n) is 6.57. The maximum atomic E-state index is 14.0. The standard InChI is InChI=1S/C28H28FN5O3/c1-19-7-2-4-10-24(19)34(26(35)18-33-25-11-5-3-9-23(25)31-32-33)27(20-12-14-21(29)15-13-20)28(36)30-17-22-8-6-16-37-22/h2-5,7,9-15,22,27H,6,8,16-18H2,1H3,(H,30,36)/t22-,27-/m1/s1. The Kier molecular flexibility index (Phi) is 7.23. The highest BCUT2D eigenvalue weighted by Gasteiger charge is 2.34. The number of nitrogens with zero attached hydrogens (tertiary/aromatic N) is 4. The predicted molar refractivity (Wildman–Crippen MR) is 137 cm³/mol. The Morgan fingerprint density at radius 2 is 1.86 bits per heavy atom. The average Bonchev–Trinajstić information content (AvgIpc) is 3.58. The number of aryl methyl sites for hydroxylation is 1. The SMILES string of the molecule is Cc1ccccc1N(C(=O)Cn1nnc2ccccc21)[C@@H](C(=O)NC[C@H]1CCCO1)c1ccc(F)cc1. The predicted octanol–water partition coefficient (Wildman–Crippen LogP) is 3.95. The first-order valence-electron chi connectivity index (χ1n) is 12.3. The maximum Gasteiger partial charge on any atom is 0.249 e. The molecule has 0 spiro atoms. The summed E-state index contributed by atoms with van der Waals surface area (Å²) >= 11 is 0. The molecule has 37 heavy (non-hydrogen) atoms. The van der Waals surface area contributed by atoms with Crippen molar-refractivity contribution in [3.63, 3.8) is 0 Å². The van der Waals surface area contributed by atoms with E-state index < -0.39 is 11.9 Å². The smallest absolute Gasteiger partial charge is 0.249 e. The van der Waals surface area contributed by atoms with Crippen LogP contribution in [0.25, 0.3) is 11.0 Å². The van der Waals surface area contributed by atoms with E-state index in [1.807, 2.05) is 49.4 Å². The summed E-state index contributed by atoms with van der Waals surface area (Å²) in [6.45, 7) is 2.75. The number of aromatic nitrogens is 3. The quantitative estimate of drug-likeness (QED) is 0.395. The molecule has 2 heterocycles. The summed E-state index contributed by atoms with van der Waals surface area (Å²) < 4.78 is 21.0. The second-order valence-corrected chi connectivity index (χ2v) is 9.12. The minimum Gasteiger partial charge on any atom is -0.376 e. The lowest BCUT2D eigenvalue weighted by Crippen LogP contribution is -2.47. The number of amides is 2. The summed E-state index contributed by atoms with van der Waals surface area (Å²) in [5, 5.41) is 11.3. The minimum atomic E-state index is -1.04. The van der Waals surface area contributed by atoms with Gasteiger partial charge < -0.3 is 10.1 Å². The molecule has 0 saturated carbocycles. The number of fused-ring (bicyclic) bond motifs is 1. The van der Waals surface area contributed by atoms with Crippen LogP contribution in [0.3, 0.4) is 0 Å². The molecular formula is C28H28FN5O3. The lowest BCUT2D eigenvalue weighted by Gasteiger charge is -2.33. The van der Waals surface area contributed by atoms with E-state index in [0.717, 1.165) is 18.4 Å². The number of anilines is 1. The molecule has 190 valence electrons. The van der Waals surface area contributed by atoms with Crippen LogP contribution in [0.5, 0.6) is 0 Å². The van der Waals surface area contributed by atoms with Crippen LogP contribution in [-0.2, 0) is 20.9 Å². The lowest BCUT2D eigenvalue weighted by molar-refractivity contribution is -0.127. The number of carbonyl (C=O) groups is 2. The van der Waals surface area contributed by atoms with Crippen molar-refractivity contribution in [3.8, 4) is 0 Å². The van der Waals surface area contributed by atoms with Crippen LogP contribution < -0.4 is 10.2 Å². The largest absolute Gasteiger partial charge is 0.376 e. The second-order valence-electron chi connectivity index (χ2n) is 9.12. The van der Waals surface area contributed by atoms with Crippen molar-refractivity contribution in [2.75, 3.05) is 18.1 Å². The van der Waals surface area contributed by atoms with Gasteiger partial charge in [-0.15, -0.1) is 5.10 Å². The Balaban J connectivity index is 1.54. The van der Waals surface area contributed by atoms with E-state index >= 15 is 0 Å². The molecule has 1 N–H and O–H groups in total. The highest BCUT2D eigenvalue weighted by atomic mass is 19.1. The minimum absolute atomic E-state index is 0.0676. The van der Waals surface area contributed by atoms with E-state index in [2.05, 4.69) is 15.6 Å². The lowest BCUT2D eigenvalue weighted by atomic mass is 10.0. The van der Waals surface area contributed by atoms with E-state index in [-0.39, 0.29) is 24.5 Å². The first-order chi connectivity index (χ1) is 18.0. The molecule has 1 aliphatic rings. The molecule has 4 aromatic rings. The van der Waals surface area contributed by atoms with Gasteiger partial charge in [0, 0.05) is 18.8 Å². The third kappa shape index (κ3) is 5.36. The normalized spacial score (nSPS) is 16.0. The van der Waals surface area contributed by atoms with Crippen molar-refractivity contribution in [1.82, 2.24) is 20.3 Å². The molecule has 1 fully saturated rings. The summed E-state index contributed by atoms with van der Waals surface area (Å²) in [4.78, 5) is 29.2. The van der Waals surface area contributed by atoms with Crippen LogP contribution in [0, 0.1) is 12.7 Å². The summed E-state index contributed by atoms with van der Waals surface area (Å²) in [7, 11) is 0. The Labute approximate surface area is 214 Å². The first kappa shape index (κ1) is 24.6. The fraction of sp³-hybridized carbons (Fsp3) is 0.286. The van der Waals surface area contributed by atoms with Crippen LogP contribution in [0.2, 0.25) is 0 Å². The number of nitrogens with one attached hydrogen (secondary N) is 1. The average molecular weight is 502 g/mol. The monoisotopic (exact) mass is 501 g/mol. The zero-order valence-electron chi connectivity index (χ0n) is 20.5. The maximum absolute atomic E-state index is 14.0. The highest BCUT2D eigenvalue weighted by molar-refractivity contribution is 6.02. The van der Waals surface area contributed by atoms with Crippen molar-refractivity contribution < 1.29 is 18.7 Å². The van der Waals surface area contributed by atoms with Crippen LogP contribution in [0.4, 0.5) is 10.1 Å². The number of para-hydroxylation sites is 2. The van der Waals surface area contributed by atoms with Gasteiger partial charge in [0.2, 0.25) is 11.8 Å². The van der Waals surface area contributed by atoms with Gasteiger partial charge in [0.25, 0.3) is 0 Å². The van der Waals surface area contributed by atoms with Gasteiger partial charge in [-0.2, -0.15) is 0 Å². The van der Waals surface area contributed by atoms with Crippen molar-refractivity contribution in [2.24, 2.45) is 0 Å². The number of benzene rings is 3. The number of hydrogen-bond donors (Lipinski definition) is 1. The van der Waals surface area contributed by atoms with E-state index in [4.69, 9.17) is 4.74 Å². The molecule has 0 aliphatic carbocycles. The number of ether oxygens (including phenoxy) is 1. The van der Waals surface area contributed by atoms with Crippen molar-refractivity contribution >= 4 is 28.5 Å². The molecule has 3 aromatic carbocycles. The zero-order chi connectivity index (χ0) is 25.8. The molecule has 5 rings (SSSR count). The molecule has 1 aromatic heterocycles. The van der Waals surface area contributed by atoms with E-state index in [1.54, 1.807) is 6.07 Å². The zero-order valence-corrected chi connectivity index (χ0v) is 20.5. The fourth-order valence-electron chi connectivity index (χ4n) is 4.67. The number of hydrogen-bond acceptors (Lipinski definition) is 5. The first-order valence-corrected chi connectivity index (χ1v) is 12.3. The van der Waals surface area contributed by atoms with Crippen LogP contribution in [0.15, 0.2) is 72.8 Å². The Bertz CT molecular complexity index is 1400.